The van der Waals surface area contributed by atoms with Crippen LogP contribution >= 0.6 is 0 Å². The van der Waals surface area contributed by atoms with Crippen molar-refractivity contribution in [3.8, 4) is 39.9 Å². The summed E-state index contributed by atoms with van der Waals surface area (Å²) in [6.45, 7) is 0. The van der Waals surface area contributed by atoms with Gasteiger partial charge in [-0.2, -0.15) is 46.9 Å². The summed E-state index contributed by atoms with van der Waals surface area (Å²) < 4.78 is 8.43. The summed E-state index contributed by atoms with van der Waals surface area (Å²) in [6.07, 6.45) is 0. The molecule has 0 aliphatic carbocycles. The van der Waals surface area contributed by atoms with E-state index in [0.29, 0.717) is 17.6 Å². The van der Waals surface area contributed by atoms with Gasteiger partial charge >= 0.3 is 31.1 Å². The fourth-order valence-corrected chi connectivity index (χ4v) is 6.02. The van der Waals surface area contributed by atoms with E-state index in [4.69, 9.17) is 19.4 Å². The van der Waals surface area contributed by atoms with Gasteiger partial charge in [0.15, 0.2) is 5.82 Å². The van der Waals surface area contributed by atoms with E-state index in [-0.39, 0.29) is 31.1 Å². The molecule has 6 aromatic carbocycles. The van der Waals surface area contributed by atoms with Gasteiger partial charge < -0.3 is 4.42 Å². The first-order valence-electron chi connectivity index (χ1n) is 14.5. The summed E-state index contributed by atoms with van der Waals surface area (Å²) in [7, 11) is 0. The predicted octanol–water partition coefficient (Wildman–Crippen LogP) is 9.47. The van der Waals surface area contributed by atoms with Gasteiger partial charge in [-0.15, -0.1) is 18.2 Å². The summed E-state index contributed by atoms with van der Waals surface area (Å²) in [6, 6.07) is 51.6. The van der Waals surface area contributed by atoms with Crippen LogP contribution in [0.3, 0.4) is 0 Å². The number of nitrogens with zero attached hydrogens (tertiary/aromatic N) is 4. The van der Waals surface area contributed by atoms with Crippen molar-refractivity contribution in [2.75, 3.05) is 0 Å². The first-order chi connectivity index (χ1) is 21.8. The molecule has 0 radical (unpaired) electrons. The summed E-state index contributed by atoms with van der Waals surface area (Å²) in [5.41, 5.74) is 7.23. The molecule has 0 unspecified atom stereocenters. The second-order valence-corrected chi connectivity index (χ2v) is 10.7. The van der Waals surface area contributed by atoms with Crippen molar-refractivity contribution < 1.29 is 35.5 Å². The number of hydrogen-bond donors (Lipinski definition) is 0. The zero-order chi connectivity index (χ0) is 29.0. The van der Waals surface area contributed by atoms with E-state index in [1.807, 2.05) is 97.1 Å². The second-order valence-electron chi connectivity index (χ2n) is 10.7. The van der Waals surface area contributed by atoms with Crippen LogP contribution in [0.15, 0.2) is 138 Å². The SMILES string of the molecule is [U+2].[c-]1ccccc1-c1[c-]c(-c2nc(-c3ccccc3)nc(-n3c4ccccc4c4cc5c(cc43)oc3ccccc35)n2)ccc1. The topological polar surface area (TPSA) is 56.7 Å². The van der Waals surface area contributed by atoms with Gasteiger partial charge in [-0.1, -0.05) is 72.3 Å². The van der Waals surface area contributed by atoms with E-state index in [0.717, 1.165) is 66.0 Å². The molecule has 0 aliphatic heterocycles. The van der Waals surface area contributed by atoms with Gasteiger partial charge in [-0.25, -0.2) is 15.5 Å². The Bertz CT molecular complexity index is 2500. The van der Waals surface area contributed by atoms with Crippen LogP contribution in [0.25, 0.3) is 83.6 Å². The third kappa shape index (κ3) is 4.66. The van der Waals surface area contributed by atoms with E-state index in [1.54, 1.807) is 0 Å². The van der Waals surface area contributed by atoms with Crippen molar-refractivity contribution in [2.45, 2.75) is 0 Å². The average Bonchev–Trinajstić information content (AvgIpc) is 3.62. The Morgan fingerprint density at radius 2 is 1.24 bits per heavy atom. The summed E-state index contributed by atoms with van der Waals surface area (Å²) in [5, 5.41) is 4.41. The van der Waals surface area contributed by atoms with Crippen LogP contribution < -0.4 is 0 Å². The maximum absolute atomic E-state index is 6.31. The van der Waals surface area contributed by atoms with E-state index in [1.165, 1.54) is 0 Å². The molecule has 9 rings (SSSR count). The maximum Gasteiger partial charge on any atom is 2.00 e. The molecule has 0 bridgehead atoms. The van der Waals surface area contributed by atoms with Crippen molar-refractivity contribution in [2.24, 2.45) is 0 Å². The number of fused-ring (bicyclic) bond motifs is 6. The van der Waals surface area contributed by atoms with Gasteiger partial charge in [0.05, 0.1) is 16.9 Å². The standard InChI is InChI=1S/C39H22N4O.U/c1-3-12-25(13-4-1)27-16-11-17-28(22-27)38-40-37(26-14-5-2-6-15-26)41-39(42-38)43-33-20-9-7-18-29(33)31-23-32-30-19-8-10-21-35(30)44-36(32)24-34(31)43;/h1-12,14-21,23-24H;/q-2;+2. The number of furan rings is 1. The van der Waals surface area contributed by atoms with Crippen LogP contribution in [0.1, 0.15) is 0 Å². The minimum absolute atomic E-state index is 0. The molecule has 0 fully saturated rings. The molecular formula is C39H22N4OU. The average molecular weight is 801 g/mol. The van der Waals surface area contributed by atoms with Gasteiger partial charge in [0, 0.05) is 33.2 Å². The Labute approximate surface area is 282 Å². The fraction of sp³-hybridized carbons (Fsp3) is 0. The quantitative estimate of drug-likeness (QED) is 0.167. The van der Waals surface area contributed by atoms with Crippen LogP contribution in [0.4, 0.5) is 0 Å². The molecule has 3 aromatic heterocycles. The van der Waals surface area contributed by atoms with E-state index in [2.05, 4.69) is 53.1 Å². The van der Waals surface area contributed by atoms with Crippen molar-refractivity contribution in [1.29, 1.82) is 0 Å². The molecule has 6 heteroatoms. The maximum atomic E-state index is 6.31. The Kier molecular flexibility index (Phi) is 6.83. The number of aromatic nitrogens is 4. The molecule has 0 atom stereocenters. The van der Waals surface area contributed by atoms with Crippen LogP contribution in [-0.2, 0) is 0 Å². The molecule has 0 amide bonds. The van der Waals surface area contributed by atoms with Crippen LogP contribution in [-0.4, -0.2) is 19.5 Å². The largest absolute Gasteiger partial charge is 2.00 e. The molecule has 0 aliphatic rings. The summed E-state index contributed by atoms with van der Waals surface area (Å²) in [4.78, 5) is 15.1. The third-order valence-electron chi connectivity index (χ3n) is 8.06. The molecule has 5 nitrogen and oxygen atoms in total. The first kappa shape index (κ1) is 27.5. The van der Waals surface area contributed by atoms with Crippen molar-refractivity contribution >= 4 is 43.7 Å². The minimum atomic E-state index is 0. The molecule has 208 valence electrons. The Morgan fingerprint density at radius 3 is 2.11 bits per heavy atom. The van der Waals surface area contributed by atoms with Crippen molar-refractivity contribution in [3.05, 3.63) is 146 Å². The van der Waals surface area contributed by atoms with Crippen molar-refractivity contribution in [3.63, 3.8) is 0 Å². The first-order valence-corrected chi connectivity index (χ1v) is 14.5. The zero-order valence-corrected chi connectivity index (χ0v) is 28.1. The fourth-order valence-electron chi connectivity index (χ4n) is 6.02. The normalized spacial score (nSPS) is 11.4. The Morgan fingerprint density at radius 1 is 0.511 bits per heavy atom. The monoisotopic (exact) mass is 800 g/mol. The van der Waals surface area contributed by atoms with E-state index >= 15 is 0 Å². The van der Waals surface area contributed by atoms with Gasteiger partial charge in [-0.3, -0.25) is 4.57 Å². The van der Waals surface area contributed by atoms with Gasteiger partial charge in [0.2, 0.25) is 5.95 Å². The van der Waals surface area contributed by atoms with E-state index < -0.39 is 0 Å². The van der Waals surface area contributed by atoms with Crippen LogP contribution in [0, 0.1) is 43.2 Å². The van der Waals surface area contributed by atoms with Gasteiger partial charge in [0.1, 0.15) is 11.2 Å². The summed E-state index contributed by atoms with van der Waals surface area (Å²) in [5.74, 6) is 1.66. The molecule has 0 saturated carbocycles. The molecule has 0 saturated heterocycles. The van der Waals surface area contributed by atoms with E-state index in [9.17, 15) is 0 Å². The number of hydrogen-bond acceptors (Lipinski definition) is 4. The predicted molar refractivity (Wildman–Crippen MR) is 175 cm³/mol. The molecule has 9 aromatic rings. The molecule has 45 heavy (non-hydrogen) atoms. The van der Waals surface area contributed by atoms with Crippen LogP contribution in [0.2, 0.25) is 0 Å². The van der Waals surface area contributed by atoms with Crippen molar-refractivity contribution in [1.82, 2.24) is 19.5 Å². The number of para-hydroxylation sites is 2. The minimum Gasteiger partial charge on any atom is -0.456 e. The molecule has 0 N–H and O–H groups in total. The smallest absolute Gasteiger partial charge is 0.456 e. The Balaban J connectivity index is 0.00000300. The zero-order valence-electron chi connectivity index (χ0n) is 23.9. The third-order valence-corrected chi connectivity index (χ3v) is 8.06. The number of benzene rings is 6. The molecule has 0 spiro atoms. The molecule has 3 heterocycles. The second kappa shape index (κ2) is 11.2. The summed E-state index contributed by atoms with van der Waals surface area (Å²) >= 11 is 0. The number of rotatable bonds is 4. The van der Waals surface area contributed by atoms with Crippen LogP contribution in [0.5, 0.6) is 0 Å². The molecular weight excluding hydrogens is 778 g/mol. The van der Waals surface area contributed by atoms with Gasteiger partial charge in [-0.05, 0) is 18.2 Å². The van der Waals surface area contributed by atoms with Gasteiger partial charge in [0.25, 0.3) is 0 Å². The Hall–Kier alpha value is -5.02.